The molecule has 25 heavy (non-hydrogen) atoms. The summed E-state index contributed by atoms with van der Waals surface area (Å²) in [4.78, 5) is 10.1. The van der Waals surface area contributed by atoms with Gasteiger partial charge in [0.15, 0.2) is 6.29 Å². The summed E-state index contributed by atoms with van der Waals surface area (Å²) in [5.41, 5.74) is 1.79. The summed E-state index contributed by atoms with van der Waals surface area (Å²) < 4.78 is 12.7. The molecule has 0 bridgehead atoms. The first-order valence-corrected chi connectivity index (χ1v) is 9.10. The minimum atomic E-state index is -0.155. The lowest BCUT2D eigenvalue weighted by molar-refractivity contribution is -0.0441. The molecule has 0 aromatic heterocycles. The van der Waals surface area contributed by atoms with E-state index in [-0.39, 0.29) is 19.5 Å². The molecule has 0 radical (unpaired) electrons. The van der Waals surface area contributed by atoms with Crippen LogP contribution in [0.5, 0.6) is 0 Å². The fraction of sp³-hybridized carbons (Fsp3) is 0.278. The summed E-state index contributed by atoms with van der Waals surface area (Å²) >= 11 is 6.63. The largest absolute Gasteiger partial charge is 0.394 e. The van der Waals surface area contributed by atoms with Crippen LogP contribution in [0.2, 0.25) is 0 Å². The zero-order valence-electron chi connectivity index (χ0n) is 13.5. The van der Waals surface area contributed by atoms with Gasteiger partial charge >= 0.3 is 0 Å². The van der Waals surface area contributed by atoms with Gasteiger partial charge in [0, 0.05) is 20.1 Å². The van der Waals surface area contributed by atoms with Crippen molar-refractivity contribution in [3.05, 3.63) is 68.6 Å². The van der Waals surface area contributed by atoms with Gasteiger partial charge in [0.2, 0.25) is 0 Å². The van der Waals surface area contributed by atoms with Crippen molar-refractivity contribution in [3.8, 4) is 0 Å². The molecule has 0 atom stereocenters. The van der Waals surface area contributed by atoms with Crippen LogP contribution < -0.4 is 0 Å². The number of rotatable bonds is 3. The van der Waals surface area contributed by atoms with Gasteiger partial charge < -0.3 is 19.7 Å². The molecule has 5 nitrogen and oxygen atoms in total. The topological polar surface area (TPSA) is 76.0 Å². The van der Waals surface area contributed by atoms with Gasteiger partial charge in [-0.2, -0.15) is 0 Å². The summed E-state index contributed by atoms with van der Waals surface area (Å²) in [6.45, 7) is 1.14. The van der Waals surface area contributed by atoms with E-state index in [2.05, 4.69) is 31.9 Å². The fourth-order valence-corrected chi connectivity index (χ4v) is 2.24. The number of hydrogen-bond donors (Lipinski definition) is 2. The van der Waals surface area contributed by atoms with Crippen molar-refractivity contribution < 1.29 is 24.5 Å². The van der Waals surface area contributed by atoms with E-state index in [1.54, 1.807) is 12.1 Å². The quantitative estimate of drug-likeness (QED) is 0.661. The first-order valence-electron chi connectivity index (χ1n) is 7.51. The summed E-state index contributed by atoms with van der Waals surface area (Å²) in [6, 6.07) is 15.2. The number of ether oxygens (including phenoxy) is 2. The van der Waals surface area contributed by atoms with Crippen LogP contribution in [0.3, 0.4) is 0 Å². The Labute approximate surface area is 163 Å². The minimum Gasteiger partial charge on any atom is -0.394 e. The molecule has 1 fully saturated rings. The Morgan fingerprint density at radius 1 is 0.880 bits per heavy atom. The van der Waals surface area contributed by atoms with Gasteiger partial charge in [-0.1, -0.05) is 56.1 Å². The fourth-order valence-electron chi connectivity index (χ4n) is 1.71. The van der Waals surface area contributed by atoms with E-state index >= 15 is 0 Å². The zero-order chi connectivity index (χ0) is 18.5. The molecule has 1 aliphatic heterocycles. The maximum atomic E-state index is 10.1. The number of carbonyl (C=O) groups excluding carboxylic acids is 1. The van der Waals surface area contributed by atoms with Gasteiger partial charge in [-0.25, -0.2) is 0 Å². The average molecular weight is 476 g/mol. The molecule has 1 aliphatic rings. The molecule has 2 aromatic rings. The average Bonchev–Trinajstić information content (AvgIpc) is 3.18. The number of halogens is 2. The van der Waals surface area contributed by atoms with Crippen LogP contribution in [0.25, 0.3) is 0 Å². The second-order valence-corrected chi connectivity index (χ2v) is 6.57. The predicted molar refractivity (Wildman–Crippen MR) is 102 cm³/mol. The predicted octanol–water partition coefficient (Wildman–Crippen LogP) is 3.73. The molecule has 1 heterocycles. The van der Waals surface area contributed by atoms with Gasteiger partial charge in [0.25, 0.3) is 0 Å². The van der Waals surface area contributed by atoms with Crippen LogP contribution in [0, 0.1) is 0 Å². The molecule has 7 heteroatoms. The number of aliphatic hydroxyl groups excluding tert-OH is 2. The third kappa shape index (κ3) is 9.25. The highest BCUT2D eigenvalue weighted by molar-refractivity contribution is 9.10. The van der Waals surface area contributed by atoms with Gasteiger partial charge in [0.1, 0.15) is 6.29 Å². The Balaban J connectivity index is 0.000000213. The van der Waals surface area contributed by atoms with Crippen molar-refractivity contribution in [2.24, 2.45) is 0 Å². The zero-order valence-corrected chi connectivity index (χ0v) is 16.6. The van der Waals surface area contributed by atoms with E-state index in [1.165, 1.54) is 0 Å². The highest BCUT2D eigenvalue weighted by atomic mass is 79.9. The molecule has 2 N–H and O–H groups in total. The molecule has 0 aliphatic carbocycles. The van der Waals surface area contributed by atoms with Crippen LogP contribution in [-0.2, 0) is 9.47 Å². The lowest BCUT2D eigenvalue weighted by Crippen LogP contribution is -1.96. The minimum absolute atomic E-state index is 0.125. The highest BCUT2D eigenvalue weighted by Gasteiger charge is 2.17. The lowest BCUT2D eigenvalue weighted by atomic mass is 10.2. The standard InChI is InChI=1S/C9H9BrO2.C7H5BrO.C2H6O2/c10-8-3-1-7(2-4-8)9-11-5-6-12-9;8-7-3-1-6(5-9)2-4-7;3-1-2-4/h1-4,9H,5-6H2;1-5H;3-4H,1-2H2. The van der Waals surface area contributed by atoms with E-state index < -0.39 is 0 Å². The van der Waals surface area contributed by atoms with Crippen molar-refractivity contribution in [2.75, 3.05) is 26.4 Å². The number of hydrogen-bond acceptors (Lipinski definition) is 5. The Hall–Kier alpha value is -1.09. The van der Waals surface area contributed by atoms with Crippen molar-refractivity contribution in [1.82, 2.24) is 0 Å². The van der Waals surface area contributed by atoms with E-state index in [4.69, 9.17) is 19.7 Å². The maximum absolute atomic E-state index is 10.1. The first-order chi connectivity index (χ1) is 12.1. The number of aldehydes is 1. The molecule has 0 saturated carbocycles. The van der Waals surface area contributed by atoms with E-state index in [0.29, 0.717) is 18.8 Å². The van der Waals surface area contributed by atoms with Gasteiger partial charge in [-0.05, 0) is 24.3 Å². The molecule has 0 spiro atoms. The van der Waals surface area contributed by atoms with E-state index in [1.807, 2.05) is 36.4 Å². The van der Waals surface area contributed by atoms with Crippen LogP contribution in [0.1, 0.15) is 22.2 Å². The van der Waals surface area contributed by atoms with Crippen LogP contribution in [0.15, 0.2) is 57.5 Å². The molecule has 2 aromatic carbocycles. The third-order valence-corrected chi connectivity index (χ3v) is 3.93. The van der Waals surface area contributed by atoms with Gasteiger partial charge in [0.05, 0.1) is 26.4 Å². The number of benzene rings is 2. The Kier molecular flexibility index (Phi) is 11.6. The van der Waals surface area contributed by atoms with Crippen LogP contribution >= 0.6 is 31.9 Å². The van der Waals surface area contributed by atoms with Crippen molar-refractivity contribution in [2.45, 2.75) is 6.29 Å². The first kappa shape index (κ1) is 22.0. The molecule has 0 amide bonds. The van der Waals surface area contributed by atoms with Crippen LogP contribution in [0.4, 0.5) is 0 Å². The SMILES string of the molecule is Brc1ccc(C2OCCO2)cc1.O=Cc1ccc(Br)cc1.OCCO. The summed E-state index contributed by atoms with van der Waals surface area (Å²) in [6.07, 6.45) is 0.671. The monoisotopic (exact) mass is 474 g/mol. The smallest absolute Gasteiger partial charge is 0.184 e. The van der Waals surface area contributed by atoms with Crippen molar-refractivity contribution in [1.29, 1.82) is 0 Å². The molecular weight excluding hydrogens is 456 g/mol. The van der Waals surface area contributed by atoms with E-state index in [9.17, 15) is 4.79 Å². The highest BCUT2D eigenvalue weighted by Crippen LogP contribution is 2.24. The molecule has 136 valence electrons. The van der Waals surface area contributed by atoms with Crippen molar-refractivity contribution in [3.63, 3.8) is 0 Å². The van der Waals surface area contributed by atoms with Gasteiger partial charge in [-0.15, -0.1) is 0 Å². The summed E-state index contributed by atoms with van der Waals surface area (Å²) in [5.74, 6) is 0. The second-order valence-electron chi connectivity index (χ2n) is 4.74. The van der Waals surface area contributed by atoms with Crippen molar-refractivity contribution >= 4 is 38.1 Å². The molecule has 3 rings (SSSR count). The molecule has 1 saturated heterocycles. The van der Waals surface area contributed by atoms with E-state index in [0.717, 1.165) is 20.8 Å². The Bertz CT molecular complexity index is 594. The Morgan fingerprint density at radius 2 is 1.32 bits per heavy atom. The van der Waals surface area contributed by atoms with Crippen LogP contribution in [-0.4, -0.2) is 42.9 Å². The second kappa shape index (κ2) is 13.2. The lowest BCUT2D eigenvalue weighted by Gasteiger charge is -2.08. The molecular formula is C18H20Br2O5. The summed E-state index contributed by atoms with van der Waals surface area (Å²) in [7, 11) is 0. The normalized spacial score (nSPS) is 13.3. The summed E-state index contributed by atoms with van der Waals surface area (Å²) in [5, 5.41) is 15.2. The Morgan fingerprint density at radius 3 is 1.72 bits per heavy atom. The number of carbonyl (C=O) groups is 1. The number of aliphatic hydroxyl groups is 2. The van der Waals surface area contributed by atoms with Gasteiger partial charge in [-0.3, -0.25) is 4.79 Å². The maximum Gasteiger partial charge on any atom is 0.184 e. The third-order valence-electron chi connectivity index (χ3n) is 2.87. The molecule has 0 unspecified atom stereocenters.